The van der Waals surface area contributed by atoms with Crippen molar-refractivity contribution in [2.45, 2.75) is 63.8 Å². The summed E-state index contributed by atoms with van der Waals surface area (Å²) in [5, 5.41) is 3.38. The average molecular weight is 266 g/mol. The number of carbonyl (C=O) groups excluding carboxylic acids is 2. The number of hydrogen-bond donors (Lipinski definition) is 1. The van der Waals surface area contributed by atoms with Gasteiger partial charge < -0.3 is 4.74 Å². The predicted octanol–water partition coefficient (Wildman–Crippen LogP) is 0.679. The summed E-state index contributed by atoms with van der Waals surface area (Å²) in [4.78, 5) is 25.5. The molecule has 3 atom stereocenters. The molecular formula is C14H22N2O3. The number of carbonyl (C=O) groups is 2. The summed E-state index contributed by atoms with van der Waals surface area (Å²) in [7, 11) is 0. The summed E-state index contributed by atoms with van der Waals surface area (Å²) < 4.78 is 5.76. The number of amides is 2. The van der Waals surface area contributed by atoms with Crippen molar-refractivity contribution in [3.63, 3.8) is 0 Å². The Kier molecular flexibility index (Phi) is 3.35. The van der Waals surface area contributed by atoms with Crippen molar-refractivity contribution < 1.29 is 14.3 Å². The molecule has 106 valence electrons. The van der Waals surface area contributed by atoms with Gasteiger partial charge in [0.25, 0.3) is 0 Å². The Hall–Kier alpha value is -0.940. The molecule has 3 aliphatic rings. The van der Waals surface area contributed by atoms with Crippen molar-refractivity contribution >= 4 is 11.8 Å². The third-order valence-electron chi connectivity index (χ3n) is 4.34. The molecule has 2 saturated heterocycles. The zero-order chi connectivity index (χ0) is 13.6. The summed E-state index contributed by atoms with van der Waals surface area (Å²) in [5.74, 6) is 0.536. The summed E-state index contributed by atoms with van der Waals surface area (Å²) in [6, 6.07) is -0.157. The number of ether oxygens (including phenoxy) is 1. The summed E-state index contributed by atoms with van der Waals surface area (Å²) >= 11 is 0. The average Bonchev–Trinajstić information content (AvgIpc) is 3.01. The van der Waals surface area contributed by atoms with Gasteiger partial charge in [-0.15, -0.1) is 0 Å². The standard InChI is InChI=1S/C14H22N2O3/c1-8(2)16-12(17)7-11(14(16)18)15-10-5-6-19-13(10)9-3-4-9/h8-11,13,15H,3-7H2,1-2H3. The highest BCUT2D eigenvalue weighted by atomic mass is 16.5. The quantitative estimate of drug-likeness (QED) is 0.760. The van der Waals surface area contributed by atoms with Gasteiger partial charge in [0.15, 0.2) is 0 Å². The molecule has 0 bridgehead atoms. The van der Waals surface area contributed by atoms with E-state index in [1.165, 1.54) is 17.7 Å². The van der Waals surface area contributed by atoms with Crippen molar-refractivity contribution in [1.82, 2.24) is 10.2 Å². The van der Waals surface area contributed by atoms with Crippen LogP contribution in [0.4, 0.5) is 0 Å². The number of nitrogens with zero attached hydrogens (tertiary/aromatic N) is 1. The van der Waals surface area contributed by atoms with Crippen LogP contribution in [0.5, 0.6) is 0 Å². The van der Waals surface area contributed by atoms with E-state index < -0.39 is 0 Å². The van der Waals surface area contributed by atoms with Crippen molar-refractivity contribution in [3.8, 4) is 0 Å². The maximum Gasteiger partial charge on any atom is 0.247 e. The van der Waals surface area contributed by atoms with E-state index in [-0.39, 0.29) is 36.0 Å². The Morgan fingerprint density at radius 2 is 2.00 bits per heavy atom. The predicted molar refractivity (Wildman–Crippen MR) is 69.4 cm³/mol. The first-order valence-electron chi connectivity index (χ1n) is 7.31. The van der Waals surface area contributed by atoms with Crippen molar-refractivity contribution in [1.29, 1.82) is 0 Å². The SMILES string of the molecule is CC(C)N1C(=O)CC(NC2CCOC2C2CC2)C1=O. The fraction of sp³-hybridized carbons (Fsp3) is 0.857. The normalized spacial score (nSPS) is 35.7. The Bertz CT molecular complexity index is 392. The van der Waals surface area contributed by atoms with Crippen molar-refractivity contribution in [2.75, 3.05) is 6.61 Å². The van der Waals surface area contributed by atoms with E-state index in [0.717, 1.165) is 13.0 Å². The monoisotopic (exact) mass is 266 g/mol. The summed E-state index contributed by atoms with van der Waals surface area (Å²) in [6.07, 6.45) is 3.96. The number of nitrogens with one attached hydrogen (secondary N) is 1. The molecule has 5 heteroatoms. The molecule has 1 saturated carbocycles. The van der Waals surface area contributed by atoms with E-state index in [1.54, 1.807) is 0 Å². The second-order valence-corrected chi connectivity index (χ2v) is 6.19. The molecule has 2 aliphatic heterocycles. The largest absolute Gasteiger partial charge is 0.376 e. The van der Waals surface area contributed by atoms with E-state index in [1.807, 2.05) is 13.8 Å². The molecule has 1 aliphatic carbocycles. The minimum Gasteiger partial charge on any atom is -0.376 e. The first kappa shape index (κ1) is 13.1. The second-order valence-electron chi connectivity index (χ2n) is 6.19. The van der Waals surface area contributed by atoms with Gasteiger partial charge in [-0.3, -0.25) is 19.8 Å². The zero-order valence-electron chi connectivity index (χ0n) is 11.6. The smallest absolute Gasteiger partial charge is 0.247 e. The van der Waals surface area contributed by atoms with Crippen LogP contribution in [-0.2, 0) is 14.3 Å². The molecular weight excluding hydrogens is 244 g/mol. The highest BCUT2D eigenvalue weighted by Crippen LogP contribution is 2.39. The summed E-state index contributed by atoms with van der Waals surface area (Å²) in [6.45, 7) is 4.52. The first-order chi connectivity index (χ1) is 9.08. The van der Waals surface area contributed by atoms with Gasteiger partial charge >= 0.3 is 0 Å². The van der Waals surface area contributed by atoms with Crippen LogP contribution in [0.1, 0.15) is 39.5 Å². The molecule has 0 radical (unpaired) electrons. The van der Waals surface area contributed by atoms with E-state index in [2.05, 4.69) is 5.32 Å². The highest BCUT2D eigenvalue weighted by Gasteiger charge is 2.45. The van der Waals surface area contributed by atoms with E-state index in [9.17, 15) is 9.59 Å². The van der Waals surface area contributed by atoms with Gasteiger partial charge in [-0.25, -0.2) is 0 Å². The minimum atomic E-state index is -0.345. The third-order valence-corrected chi connectivity index (χ3v) is 4.34. The Morgan fingerprint density at radius 3 is 2.58 bits per heavy atom. The summed E-state index contributed by atoms with van der Waals surface area (Å²) in [5.41, 5.74) is 0. The Morgan fingerprint density at radius 1 is 1.26 bits per heavy atom. The van der Waals surface area contributed by atoms with Crippen LogP contribution < -0.4 is 5.32 Å². The lowest BCUT2D eigenvalue weighted by molar-refractivity contribution is -0.140. The van der Waals surface area contributed by atoms with Gasteiger partial charge in [0.05, 0.1) is 18.6 Å². The fourth-order valence-corrected chi connectivity index (χ4v) is 3.26. The molecule has 0 aromatic heterocycles. The van der Waals surface area contributed by atoms with Crippen LogP contribution in [0.15, 0.2) is 0 Å². The molecule has 2 amide bonds. The van der Waals surface area contributed by atoms with E-state index in [0.29, 0.717) is 12.3 Å². The maximum absolute atomic E-state index is 12.2. The van der Waals surface area contributed by atoms with Gasteiger partial charge in [-0.1, -0.05) is 0 Å². The minimum absolute atomic E-state index is 0.0501. The number of imide groups is 1. The van der Waals surface area contributed by atoms with Crippen LogP contribution >= 0.6 is 0 Å². The zero-order valence-corrected chi connectivity index (χ0v) is 11.6. The number of rotatable bonds is 4. The third kappa shape index (κ3) is 2.41. The Balaban J connectivity index is 1.64. The fourth-order valence-electron chi connectivity index (χ4n) is 3.26. The van der Waals surface area contributed by atoms with Crippen LogP contribution in [0, 0.1) is 5.92 Å². The molecule has 19 heavy (non-hydrogen) atoms. The lowest BCUT2D eigenvalue weighted by atomic mass is 10.0. The lowest BCUT2D eigenvalue weighted by Crippen LogP contribution is -2.48. The van der Waals surface area contributed by atoms with Gasteiger partial charge in [-0.2, -0.15) is 0 Å². The van der Waals surface area contributed by atoms with Crippen LogP contribution in [-0.4, -0.2) is 47.6 Å². The Labute approximate surface area is 113 Å². The molecule has 5 nitrogen and oxygen atoms in total. The van der Waals surface area contributed by atoms with Gasteiger partial charge in [0.1, 0.15) is 0 Å². The molecule has 0 aromatic rings. The van der Waals surface area contributed by atoms with Gasteiger partial charge in [-0.05, 0) is 39.0 Å². The molecule has 3 unspecified atom stereocenters. The maximum atomic E-state index is 12.2. The van der Waals surface area contributed by atoms with Gasteiger partial charge in [0.2, 0.25) is 11.8 Å². The molecule has 0 spiro atoms. The molecule has 1 N–H and O–H groups in total. The van der Waals surface area contributed by atoms with E-state index >= 15 is 0 Å². The topological polar surface area (TPSA) is 58.6 Å². The molecule has 3 fully saturated rings. The van der Waals surface area contributed by atoms with Crippen LogP contribution in [0.25, 0.3) is 0 Å². The molecule has 3 rings (SSSR count). The van der Waals surface area contributed by atoms with Crippen molar-refractivity contribution in [3.05, 3.63) is 0 Å². The van der Waals surface area contributed by atoms with E-state index in [4.69, 9.17) is 4.74 Å². The van der Waals surface area contributed by atoms with Crippen LogP contribution in [0.2, 0.25) is 0 Å². The first-order valence-corrected chi connectivity index (χ1v) is 7.31. The second kappa shape index (κ2) is 4.87. The highest BCUT2D eigenvalue weighted by molar-refractivity contribution is 6.05. The number of hydrogen-bond acceptors (Lipinski definition) is 4. The molecule has 2 heterocycles. The van der Waals surface area contributed by atoms with Crippen LogP contribution in [0.3, 0.4) is 0 Å². The molecule has 0 aromatic carbocycles. The van der Waals surface area contributed by atoms with Gasteiger partial charge in [0, 0.05) is 18.7 Å². The lowest BCUT2D eigenvalue weighted by Gasteiger charge is -2.23. The number of likely N-dealkylation sites (tertiary alicyclic amines) is 1. The van der Waals surface area contributed by atoms with Crippen molar-refractivity contribution in [2.24, 2.45) is 5.92 Å².